The van der Waals surface area contributed by atoms with E-state index in [0.29, 0.717) is 6.61 Å². The number of hydrogen-bond donors (Lipinski definition) is 0. The first-order valence-corrected chi connectivity index (χ1v) is 14.3. The highest BCUT2D eigenvalue weighted by molar-refractivity contribution is 9.10. The SMILES string of the molecule is Cc1cc(OCCC/C(=C/c2ccccc2)c2c(C(=O)N3CCCC3)ccc3ccccc23)cc(C)c1Br. The lowest BCUT2D eigenvalue weighted by molar-refractivity contribution is 0.0792. The minimum absolute atomic E-state index is 0.138. The van der Waals surface area contributed by atoms with Crippen molar-refractivity contribution in [3.8, 4) is 5.75 Å². The molecule has 5 rings (SSSR count). The fourth-order valence-corrected chi connectivity index (χ4v) is 5.58. The first-order valence-electron chi connectivity index (χ1n) is 13.5. The van der Waals surface area contributed by atoms with Gasteiger partial charge in [-0.05, 0) is 96.3 Å². The van der Waals surface area contributed by atoms with Crippen LogP contribution in [-0.4, -0.2) is 30.5 Å². The predicted molar refractivity (Wildman–Crippen MR) is 162 cm³/mol. The first kappa shape index (κ1) is 26.2. The van der Waals surface area contributed by atoms with Gasteiger partial charge in [0, 0.05) is 23.1 Å². The second-order valence-corrected chi connectivity index (χ2v) is 10.9. The van der Waals surface area contributed by atoms with E-state index in [1.165, 1.54) is 16.7 Å². The number of allylic oxidation sites excluding steroid dienone is 1. The molecule has 0 atom stereocenters. The minimum Gasteiger partial charge on any atom is -0.494 e. The lowest BCUT2D eigenvalue weighted by Gasteiger charge is -2.21. The normalized spacial score (nSPS) is 13.8. The van der Waals surface area contributed by atoms with Crippen LogP contribution in [0, 0.1) is 13.8 Å². The lowest BCUT2D eigenvalue weighted by Crippen LogP contribution is -2.28. The maximum atomic E-state index is 13.7. The van der Waals surface area contributed by atoms with Gasteiger partial charge >= 0.3 is 0 Å². The van der Waals surface area contributed by atoms with E-state index in [1.54, 1.807) is 0 Å². The monoisotopic (exact) mass is 567 g/mol. The van der Waals surface area contributed by atoms with Crippen LogP contribution in [0.15, 0.2) is 83.3 Å². The zero-order valence-electron chi connectivity index (χ0n) is 22.2. The Morgan fingerprint density at radius 1 is 0.921 bits per heavy atom. The van der Waals surface area contributed by atoms with Crippen molar-refractivity contribution in [1.29, 1.82) is 0 Å². The largest absolute Gasteiger partial charge is 0.494 e. The fraction of sp³-hybridized carbons (Fsp3) is 0.265. The molecule has 4 aromatic rings. The quantitative estimate of drug-likeness (QED) is 0.157. The van der Waals surface area contributed by atoms with Gasteiger partial charge in [-0.15, -0.1) is 0 Å². The first-order chi connectivity index (χ1) is 18.5. The number of aryl methyl sites for hydroxylation is 2. The summed E-state index contributed by atoms with van der Waals surface area (Å²) in [6, 6.07) is 27.1. The summed E-state index contributed by atoms with van der Waals surface area (Å²) in [7, 11) is 0. The van der Waals surface area contributed by atoms with E-state index in [-0.39, 0.29) is 5.91 Å². The molecule has 1 aliphatic heterocycles. The van der Waals surface area contributed by atoms with Crippen LogP contribution in [0.4, 0.5) is 0 Å². The number of carbonyl (C=O) groups excluding carboxylic acids is 1. The molecule has 194 valence electrons. The number of halogens is 1. The van der Waals surface area contributed by atoms with Crippen molar-refractivity contribution < 1.29 is 9.53 Å². The van der Waals surface area contributed by atoms with Gasteiger partial charge in [0.25, 0.3) is 5.91 Å². The van der Waals surface area contributed by atoms with Crippen molar-refractivity contribution >= 4 is 44.3 Å². The zero-order chi connectivity index (χ0) is 26.5. The fourth-order valence-electron chi connectivity index (χ4n) is 5.35. The molecule has 0 aliphatic carbocycles. The van der Waals surface area contributed by atoms with Crippen LogP contribution in [0.5, 0.6) is 5.75 Å². The number of rotatable bonds is 8. The third kappa shape index (κ3) is 5.86. The van der Waals surface area contributed by atoms with Gasteiger partial charge in [0.05, 0.1) is 6.61 Å². The summed E-state index contributed by atoms with van der Waals surface area (Å²) >= 11 is 3.64. The average Bonchev–Trinajstić information content (AvgIpc) is 3.48. The second kappa shape index (κ2) is 12.0. The third-order valence-corrected chi connectivity index (χ3v) is 8.53. The standard InChI is InChI=1S/C34H34BrNO2/c1-24-21-29(22-25(2)33(24)35)38-20-10-14-28(23-26-11-4-3-5-12-26)32-30-15-7-6-13-27(30)16-17-31(32)34(37)36-18-8-9-19-36/h3-7,11-13,15-17,21-23H,8-10,14,18-20H2,1-2H3/b28-23-. The Bertz CT molecular complexity index is 1450. The van der Waals surface area contributed by atoms with Crippen molar-refractivity contribution in [2.24, 2.45) is 0 Å². The molecule has 1 heterocycles. The number of likely N-dealkylation sites (tertiary alicyclic amines) is 1. The van der Waals surface area contributed by atoms with Crippen LogP contribution < -0.4 is 4.74 Å². The Kier molecular flexibility index (Phi) is 8.29. The van der Waals surface area contributed by atoms with Crippen LogP contribution in [-0.2, 0) is 0 Å². The number of amides is 1. The molecule has 0 aromatic heterocycles. The summed E-state index contributed by atoms with van der Waals surface area (Å²) in [5.74, 6) is 1.03. The van der Waals surface area contributed by atoms with E-state index in [2.05, 4.69) is 103 Å². The smallest absolute Gasteiger partial charge is 0.254 e. The molecule has 0 unspecified atom stereocenters. The summed E-state index contributed by atoms with van der Waals surface area (Å²) < 4.78 is 7.31. The molecule has 1 amide bonds. The molecule has 3 nitrogen and oxygen atoms in total. The summed E-state index contributed by atoms with van der Waals surface area (Å²) in [5.41, 5.74) is 6.50. The van der Waals surface area contributed by atoms with E-state index in [4.69, 9.17) is 4.74 Å². The lowest BCUT2D eigenvalue weighted by atomic mass is 9.89. The third-order valence-electron chi connectivity index (χ3n) is 7.28. The van der Waals surface area contributed by atoms with Crippen molar-refractivity contribution in [2.75, 3.05) is 19.7 Å². The molecule has 4 aromatic carbocycles. The molecule has 0 bridgehead atoms. The molecule has 1 aliphatic rings. The van der Waals surface area contributed by atoms with Gasteiger partial charge in [-0.2, -0.15) is 0 Å². The zero-order valence-corrected chi connectivity index (χ0v) is 23.8. The van der Waals surface area contributed by atoms with E-state index in [1.807, 2.05) is 17.0 Å². The number of carbonyl (C=O) groups is 1. The van der Waals surface area contributed by atoms with Gasteiger partial charge in [-0.3, -0.25) is 4.79 Å². The predicted octanol–water partition coefficient (Wildman–Crippen LogP) is 8.85. The van der Waals surface area contributed by atoms with Crippen LogP contribution in [0.2, 0.25) is 0 Å². The summed E-state index contributed by atoms with van der Waals surface area (Å²) in [6.45, 7) is 6.45. The topological polar surface area (TPSA) is 29.5 Å². The number of benzene rings is 4. The highest BCUT2D eigenvalue weighted by atomic mass is 79.9. The van der Waals surface area contributed by atoms with E-state index >= 15 is 0 Å². The van der Waals surface area contributed by atoms with Gasteiger partial charge in [-0.25, -0.2) is 0 Å². The molecule has 4 heteroatoms. The number of hydrogen-bond acceptors (Lipinski definition) is 2. The van der Waals surface area contributed by atoms with E-state index < -0.39 is 0 Å². The molecule has 0 N–H and O–H groups in total. The average molecular weight is 569 g/mol. The maximum Gasteiger partial charge on any atom is 0.254 e. The van der Waals surface area contributed by atoms with Crippen LogP contribution in [0.3, 0.4) is 0 Å². The maximum absolute atomic E-state index is 13.7. The number of nitrogens with zero attached hydrogens (tertiary/aromatic N) is 1. The molecule has 1 fully saturated rings. The van der Waals surface area contributed by atoms with Crippen molar-refractivity contribution in [3.05, 3.63) is 111 Å². The Balaban J connectivity index is 1.49. The summed E-state index contributed by atoms with van der Waals surface area (Å²) in [4.78, 5) is 15.8. The Morgan fingerprint density at radius 3 is 2.34 bits per heavy atom. The van der Waals surface area contributed by atoms with Crippen molar-refractivity contribution in [3.63, 3.8) is 0 Å². The molecule has 0 saturated carbocycles. The molecular weight excluding hydrogens is 534 g/mol. The van der Waals surface area contributed by atoms with Crippen molar-refractivity contribution in [2.45, 2.75) is 39.5 Å². The summed E-state index contributed by atoms with van der Waals surface area (Å²) in [6.07, 6.45) is 6.04. The second-order valence-electron chi connectivity index (χ2n) is 10.1. The Hall–Kier alpha value is -3.37. The van der Waals surface area contributed by atoms with Crippen LogP contribution in [0.25, 0.3) is 22.4 Å². The van der Waals surface area contributed by atoms with E-state index in [9.17, 15) is 4.79 Å². The number of ether oxygens (including phenoxy) is 1. The highest BCUT2D eigenvalue weighted by Gasteiger charge is 2.24. The van der Waals surface area contributed by atoms with E-state index in [0.717, 1.165) is 76.5 Å². The Labute approximate surface area is 234 Å². The summed E-state index contributed by atoms with van der Waals surface area (Å²) in [5, 5.41) is 2.27. The molecule has 38 heavy (non-hydrogen) atoms. The molecular formula is C34H34BrNO2. The number of fused-ring (bicyclic) bond motifs is 1. The van der Waals surface area contributed by atoms with Crippen molar-refractivity contribution in [1.82, 2.24) is 4.90 Å². The minimum atomic E-state index is 0.138. The molecule has 0 spiro atoms. The highest BCUT2D eigenvalue weighted by Crippen LogP contribution is 2.34. The molecule has 1 saturated heterocycles. The van der Waals surface area contributed by atoms with Crippen LogP contribution >= 0.6 is 15.9 Å². The van der Waals surface area contributed by atoms with Gasteiger partial charge in [0.1, 0.15) is 5.75 Å². The molecule has 0 radical (unpaired) electrons. The van der Waals surface area contributed by atoms with Gasteiger partial charge in [-0.1, -0.05) is 82.7 Å². The Morgan fingerprint density at radius 2 is 1.61 bits per heavy atom. The van der Waals surface area contributed by atoms with Gasteiger partial charge in [0.15, 0.2) is 0 Å². The van der Waals surface area contributed by atoms with Gasteiger partial charge in [0.2, 0.25) is 0 Å². The van der Waals surface area contributed by atoms with Crippen LogP contribution in [0.1, 0.15) is 58.3 Å². The van der Waals surface area contributed by atoms with Gasteiger partial charge < -0.3 is 9.64 Å².